The number of nitrogens with zero attached hydrogens (tertiary/aromatic N) is 5. The third-order valence-corrected chi connectivity index (χ3v) is 3.05. The number of H-pyrrole nitrogens is 1. The lowest BCUT2D eigenvalue weighted by atomic mass is 10.1. The van der Waals surface area contributed by atoms with Gasteiger partial charge in [0.1, 0.15) is 5.52 Å². The molecule has 2 aromatic heterocycles. The van der Waals surface area contributed by atoms with Gasteiger partial charge in [-0.3, -0.25) is 0 Å². The second kappa shape index (κ2) is 3.70. The summed E-state index contributed by atoms with van der Waals surface area (Å²) in [5.41, 5.74) is 2.49. The molecule has 0 aliphatic carbocycles. The van der Waals surface area contributed by atoms with Crippen LogP contribution >= 0.6 is 0 Å². The predicted molar refractivity (Wildman–Crippen MR) is 60.3 cm³/mol. The van der Waals surface area contributed by atoms with Crippen molar-refractivity contribution in [2.75, 3.05) is 18.0 Å². The van der Waals surface area contributed by atoms with Crippen LogP contribution in [0.5, 0.6) is 0 Å². The Morgan fingerprint density at radius 2 is 1.75 bits per heavy atom. The molecule has 0 unspecified atom stereocenters. The highest BCUT2D eigenvalue weighted by Gasteiger charge is 2.18. The molecule has 16 heavy (non-hydrogen) atoms. The molecule has 0 spiro atoms. The smallest absolute Gasteiger partial charge is 0.181 e. The third kappa shape index (κ3) is 1.41. The van der Waals surface area contributed by atoms with Crippen molar-refractivity contribution in [2.45, 2.75) is 26.2 Å². The van der Waals surface area contributed by atoms with Gasteiger partial charge in [-0.2, -0.15) is 20.5 Å². The number of fused-ring (bicyclic) bond motifs is 1. The molecule has 0 saturated carbocycles. The van der Waals surface area contributed by atoms with Crippen LogP contribution < -0.4 is 4.90 Å². The Balaban J connectivity index is 2.08. The average molecular weight is 218 g/mol. The summed E-state index contributed by atoms with van der Waals surface area (Å²) in [4.78, 5) is 2.25. The SMILES string of the molecule is Cc1nnc(N2CCCCC2)c2n[nH]nc12. The van der Waals surface area contributed by atoms with E-state index in [0.717, 1.165) is 35.6 Å². The number of rotatable bonds is 1. The summed E-state index contributed by atoms with van der Waals surface area (Å²) in [5.74, 6) is 0.869. The van der Waals surface area contributed by atoms with Gasteiger partial charge in [-0.1, -0.05) is 0 Å². The van der Waals surface area contributed by atoms with E-state index in [1.54, 1.807) is 0 Å². The molecule has 1 saturated heterocycles. The lowest BCUT2D eigenvalue weighted by Crippen LogP contribution is -2.30. The van der Waals surface area contributed by atoms with E-state index in [2.05, 4.69) is 30.5 Å². The Hall–Kier alpha value is -1.72. The molecule has 1 N–H and O–H groups in total. The molecule has 6 heteroatoms. The van der Waals surface area contributed by atoms with E-state index in [4.69, 9.17) is 0 Å². The van der Waals surface area contributed by atoms with Gasteiger partial charge in [-0.05, 0) is 26.2 Å². The van der Waals surface area contributed by atoms with Crippen molar-refractivity contribution in [3.05, 3.63) is 5.69 Å². The highest BCUT2D eigenvalue weighted by atomic mass is 15.4. The quantitative estimate of drug-likeness (QED) is 0.774. The zero-order valence-corrected chi connectivity index (χ0v) is 9.27. The fraction of sp³-hybridized carbons (Fsp3) is 0.600. The maximum absolute atomic E-state index is 4.26. The van der Waals surface area contributed by atoms with Crippen LogP contribution in [0.25, 0.3) is 11.0 Å². The van der Waals surface area contributed by atoms with Crippen molar-refractivity contribution in [3.63, 3.8) is 0 Å². The van der Waals surface area contributed by atoms with Crippen LogP contribution in [-0.4, -0.2) is 38.7 Å². The van der Waals surface area contributed by atoms with Gasteiger partial charge in [0, 0.05) is 13.1 Å². The molecule has 3 heterocycles. The lowest BCUT2D eigenvalue weighted by Gasteiger charge is -2.27. The van der Waals surface area contributed by atoms with Crippen molar-refractivity contribution in [2.24, 2.45) is 0 Å². The number of aromatic amines is 1. The molecular weight excluding hydrogens is 204 g/mol. The van der Waals surface area contributed by atoms with E-state index in [1.807, 2.05) is 6.92 Å². The molecule has 0 atom stereocenters. The summed E-state index contributed by atoms with van der Waals surface area (Å²) in [6.45, 7) is 3.98. The fourth-order valence-corrected chi connectivity index (χ4v) is 2.17. The van der Waals surface area contributed by atoms with E-state index in [0.29, 0.717) is 0 Å². The molecule has 0 radical (unpaired) electrons. The van der Waals surface area contributed by atoms with Gasteiger partial charge in [0.05, 0.1) is 5.69 Å². The molecular formula is C10H14N6. The first kappa shape index (κ1) is 9.50. The molecule has 2 aromatic rings. The number of nitrogens with one attached hydrogen (secondary N) is 1. The molecule has 0 aromatic carbocycles. The van der Waals surface area contributed by atoms with Crippen LogP contribution in [0.1, 0.15) is 25.0 Å². The maximum Gasteiger partial charge on any atom is 0.181 e. The van der Waals surface area contributed by atoms with E-state index < -0.39 is 0 Å². The van der Waals surface area contributed by atoms with Crippen LogP contribution in [0.3, 0.4) is 0 Å². The van der Waals surface area contributed by atoms with Crippen LogP contribution in [-0.2, 0) is 0 Å². The minimum atomic E-state index is 0.824. The monoisotopic (exact) mass is 218 g/mol. The molecule has 1 aliphatic rings. The van der Waals surface area contributed by atoms with E-state index in [9.17, 15) is 0 Å². The third-order valence-electron chi connectivity index (χ3n) is 3.05. The first-order valence-corrected chi connectivity index (χ1v) is 5.65. The largest absolute Gasteiger partial charge is 0.353 e. The standard InChI is InChI=1S/C10H14N6/c1-7-8-9(13-15-12-8)10(14-11-7)16-5-3-2-4-6-16/h2-6H2,1H3,(H,12,13,15). The molecule has 1 aliphatic heterocycles. The van der Waals surface area contributed by atoms with Gasteiger partial charge >= 0.3 is 0 Å². The van der Waals surface area contributed by atoms with E-state index in [-0.39, 0.29) is 0 Å². The summed E-state index contributed by atoms with van der Waals surface area (Å²) in [7, 11) is 0. The van der Waals surface area contributed by atoms with Crippen molar-refractivity contribution in [3.8, 4) is 0 Å². The van der Waals surface area contributed by atoms with Crippen LogP contribution in [0.4, 0.5) is 5.82 Å². The molecule has 1 fully saturated rings. The molecule has 0 amide bonds. The number of anilines is 1. The highest BCUT2D eigenvalue weighted by molar-refractivity contribution is 5.86. The molecule has 3 rings (SSSR count). The zero-order chi connectivity index (χ0) is 11.0. The minimum Gasteiger partial charge on any atom is -0.353 e. The summed E-state index contributed by atoms with van der Waals surface area (Å²) in [6.07, 6.45) is 3.74. The van der Waals surface area contributed by atoms with Gasteiger partial charge in [0.25, 0.3) is 0 Å². The molecule has 84 valence electrons. The van der Waals surface area contributed by atoms with Crippen molar-refractivity contribution >= 4 is 16.9 Å². The van der Waals surface area contributed by atoms with E-state index >= 15 is 0 Å². The van der Waals surface area contributed by atoms with Crippen LogP contribution in [0.15, 0.2) is 0 Å². The second-order valence-electron chi connectivity index (χ2n) is 4.18. The number of aromatic nitrogens is 5. The maximum atomic E-state index is 4.26. The minimum absolute atomic E-state index is 0.824. The topological polar surface area (TPSA) is 70.6 Å². The van der Waals surface area contributed by atoms with Gasteiger partial charge < -0.3 is 4.90 Å². The fourth-order valence-electron chi connectivity index (χ4n) is 2.17. The average Bonchev–Trinajstić information content (AvgIpc) is 2.81. The van der Waals surface area contributed by atoms with Crippen molar-refractivity contribution < 1.29 is 0 Å². The summed E-state index contributed by atoms with van der Waals surface area (Å²) < 4.78 is 0. The Morgan fingerprint density at radius 1 is 1.00 bits per heavy atom. The number of piperidine rings is 1. The van der Waals surface area contributed by atoms with Crippen molar-refractivity contribution in [1.29, 1.82) is 0 Å². The molecule has 6 nitrogen and oxygen atoms in total. The van der Waals surface area contributed by atoms with Gasteiger partial charge in [-0.25, -0.2) is 0 Å². The number of hydrogen-bond acceptors (Lipinski definition) is 5. The first-order chi connectivity index (χ1) is 7.86. The van der Waals surface area contributed by atoms with Crippen molar-refractivity contribution in [1.82, 2.24) is 25.6 Å². The second-order valence-corrected chi connectivity index (χ2v) is 4.18. The van der Waals surface area contributed by atoms with Gasteiger partial charge in [0.15, 0.2) is 11.3 Å². The Bertz CT molecular complexity index is 499. The van der Waals surface area contributed by atoms with Crippen LogP contribution in [0.2, 0.25) is 0 Å². The summed E-state index contributed by atoms with van der Waals surface area (Å²) in [6, 6.07) is 0. The lowest BCUT2D eigenvalue weighted by molar-refractivity contribution is 0.572. The Kier molecular flexibility index (Phi) is 2.19. The molecule has 0 bridgehead atoms. The number of aryl methyl sites for hydroxylation is 1. The Morgan fingerprint density at radius 3 is 2.56 bits per heavy atom. The van der Waals surface area contributed by atoms with Gasteiger partial charge in [0.2, 0.25) is 0 Å². The normalized spacial score (nSPS) is 16.9. The van der Waals surface area contributed by atoms with Crippen LogP contribution in [0, 0.1) is 6.92 Å². The predicted octanol–water partition coefficient (Wildman–Crippen LogP) is 1.05. The summed E-state index contributed by atoms with van der Waals surface area (Å²) >= 11 is 0. The Labute approximate surface area is 93.0 Å². The van der Waals surface area contributed by atoms with E-state index in [1.165, 1.54) is 19.3 Å². The number of hydrogen-bond donors (Lipinski definition) is 1. The summed E-state index contributed by atoms with van der Waals surface area (Å²) in [5, 5.41) is 19.3. The first-order valence-electron chi connectivity index (χ1n) is 5.65. The zero-order valence-electron chi connectivity index (χ0n) is 9.27. The van der Waals surface area contributed by atoms with Gasteiger partial charge in [-0.15, -0.1) is 5.10 Å². The highest BCUT2D eigenvalue weighted by Crippen LogP contribution is 2.24.